The van der Waals surface area contributed by atoms with Gasteiger partial charge in [-0.3, -0.25) is 0 Å². The molecule has 2 nitrogen and oxygen atoms in total. The molecule has 2 heteroatoms. The van der Waals surface area contributed by atoms with Crippen LogP contribution < -0.4 is 4.74 Å². The zero-order valence-electron chi connectivity index (χ0n) is 18.4. The molecule has 0 spiro atoms. The van der Waals surface area contributed by atoms with E-state index in [-0.39, 0.29) is 5.41 Å². The molecule has 1 aromatic rings. The molecule has 27 heavy (non-hydrogen) atoms. The highest BCUT2D eigenvalue weighted by molar-refractivity contribution is 5.52. The number of quaternary nitrogens is 1. The number of ether oxygens (including phenoxy) is 1. The van der Waals surface area contributed by atoms with Gasteiger partial charge in [-0.1, -0.05) is 48.9 Å². The Morgan fingerprint density at radius 3 is 2.33 bits per heavy atom. The Morgan fingerprint density at radius 1 is 1.11 bits per heavy atom. The molecule has 0 saturated heterocycles. The van der Waals surface area contributed by atoms with E-state index in [2.05, 4.69) is 97.1 Å². The zero-order valence-corrected chi connectivity index (χ0v) is 18.4. The minimum Gasteiger partial charge on any atom is -0.494 e. The third-order valence-electron chi connectivity index (χ3n) is 4.73. The van der Waals surface area contributed by atoms with E-state index in [4.69, 9.17) is 4.74 Å². The smallest absolute Gasteiger partial charge is 0.119 e. The predicted molar refractivity (Wildman–Crippen MR) is 120 cm³/mol. The molecule has 0 amide bonds. The molecule has 0 aromatic heterocycles. The molecule has 0 aliphatic heterocycles. The molecule has 1 rings (SSSR count). The summed E-state index contributed by atoms with van der Waals surface area (Å²) in [5.41, 5.74) is 2.59. The average molecular weight is 371 g/mol. The Morgan fingerprint density at radius 2 is 1.78 bits per heavy atom. The maximum atomic E-state index is 5.86. The lowest BCUT2D eigenvalue weighted by Gasteiger charge is -2.23. The van der Waals surface area contributed by atoms with E-state index < -0.39 is 0 Å². The number of hydrogen-bond donors (Lipinski definition) is 0. The molecule has 1 aromatic carbocycles. The molecule has 0 heterocycles. The molecule has 150 valence electrons. The van der Waals surface area contributed by atoms with Crippen LogP contribution in [0.4, 0.5) is 0 Å². The lowest BCUT2D eigenvalue weighted by atomic mass is 9.84. The summed E-state index contributed by atoms with van der Waals surface area (Å²) in [6.45, 7) is 12.5. The fourth-order valence-corrected chi connectivity index (χ4v) is 2.77. The third kappa shape index (κ3) is 10.8. The summed E-state index contributed by atoms with van der Waals surface area (Å²) in [5.74, 6) is 0.951. The van der Waals surface area contributed by atoms with Crippen molar-refractivity contribution < 1.29 is 9.22 Å². The van der Waals surface area contributed by atoms with Crippen molar-refractivity contribution in [2.75, 3.05) is 34.3 Å². The van der Waals surface area contributed by atoms with Gasteiger partial charge < -0.3 is 9.22 Å². The third-order valence-corrected chi connectivity index (χ3v) is 4.73. The van der Waals surface area contributed by atoms with Crippen molar-refractivity contribution >= 4 is 6.08 Å². The summed E-state index contributed by atoms with van der Waals surface area (Å²) in [5, 5.41) is 0. The largest absolute Gasteiger partial charge is 0.494 e. The van der Waals surface area contributed by atoms with Gasteiger partial charge in [-0.05, 0) is 57.2 Å². The van der Waals surface area contributed by atoms with Crippen molar-refractivity contribution in [3.05, 3.63) is 60.2 Å². The minimum absolute atomic E-state index is 0.0205. The molecule has 0 unspecified atom stereocenters. The zero-order chi connectivity index (χ0) is 20.3. The number of benzene rings is 1. The first kappa shape index (κ1) is 23.2. The van der Waals surface area contributed by atoms with Gasteiger partial charge in [0.2, 0.25) is 0 Å². The van der Waals surface area contributed by atoms with E-state index >= 15 is 0 Å². The minimum atomic E-state index is 0.0205. The van der Waals surface area contributed by atoms with Gasteiger partial charge in [0.25, 0.3) is 0 Å². The van der Waals surface area contributed by atoms with E-state index in [1.54, 1.807) is 0 Å². The molecule has 0 saturated carbocycles. The Labute approximate surface area is 167 Å². The van der Waals surface area contributed by atoms with Crippen LogP contribution in [-0.4, -0.2) is 38.8 Å². The Bertz CT molecular complexity index is 615. The topological polar surface area (TPSA) is 9.23 Å². The second-order valence-electron chi connectivity index (χ2n) is 9.00. The van der Waals surface area contributed by atoms with E-state index in [1.165, 1.54) is 24.1 Å². The van der Waals surface area contributed by atoms with Gasteiger partial charge in [-0.25, -0.2) is 0 Å². The molecule has 0 bridgehead atoms. The summed E-state index contributed by atoms with van der Waals surface area (Å²) in [4.78, 5) is 0. The Kier molecular flexibility index (Phi) is 9.59. The van der Waals surface area contributed by atoms with Gasteiger partial charge >= 0.3 is 0 Å². The number of unbranched alkanes of at least 4 members (excludes halogenated alkanes) is 1. The maximum Gasteiger partial charge on any atom is 0.119 e. The Balaban J connectivity index is 2.49. The molecule has 0 aliphatic rings. The molecule has 0 radical (unpaired) electrons. The number of rotatable bonds is 12. The van der Waals surface area contributed by atoms with Crippen LogP contribution in [0, 0.1) is 5.41 Å². The highest BCUT2D eigenvalue weighted by Gasteiger charge is 2.15. The number of hydrogen-bond acceptors (Lipinski definition) is 1. The van der Waals surface area contributed by atoms with Crippen LogP contribution in [0.5, 0.6) is 5.75 Å². The quantitative estimate of drug-likeness (QED) is 0.232. The highest BCUT2D eigenvalue weighted by Crippen LogP contribution is 2.28. The fraction of sp³-hybridized carbons (Fsp3) is 0.520. The molecule has 1 atom stereocenters. The van der Waals surface area contributed by atoms with Crippen LogP contribution in [0.2, 0.25) is 0 Å². The van der Waals surface area contributed by atoms with Gasteiger partial charge in [0.1, 0.15) is 5.75 Å². The first-order valence-electron chi connectivity index (χ1n) is 10.1. The molecule has 0 N–H and O–H groups in total. The normalized spacial score (nSPS) is 14.0. The second-order valence-corrected chi connectivity index (χ2v) is 9.00. The van der Waals surface area contributed by atoms with Crippen molar-refractivity contribution in [3.63, 3.8) is 0 Å². The van der Waals surface area contributed by atoms with Gasteiger partial charge in [0, 0.05) is 5.41 Å². The predicted octanol–water partition coefficient (Wildman–Crippen LogP) is 6.50. The number of nitrogens with zero attached hydrogens (tertiary/aromatic N) is 1. The van der Waals surface area contributed by atoms with Crippen molar-refractivity contribution in [1.29, 1.82) is 0 Å². The van der Waals surface area contributed by atoms with Crippen molar-refractivity contribution in [2.24, 2.45) is 5.41 Å². The SMILES string of the molecule is C=C[C@@](C)(/C=C/c1ccc(OCCCC[N+](C)(C)C)cc1)CCC=C(C)C. The fourth-order valence-electron chi connectivity index (χ4n) is 2.77. The van der Waals surface area contributed by atoms with E-state index in [1.807, 2.05) is 0 Å². The van der Waals surface area contributed by atoms with Crippen LogP contribution in [0.25, 0.3) is 6.08 Å². The first-order valence-corrected chi connectivity index (χ1v) is 10.1. The van der Waals surface area contributed by atoms with E-state index in [9.17, 15) is 0 Å². The Hall–Kier alpha value is -1.80. The molecule has 0 fully saturated rings. The monoisotopic (exact) mass is 370 g/mol. The second kappa shape index (κ2) is 11.1. The standard InChI is InChI=1S/C25H40NO/c1-8-25(4,18-11-12-22(2)3)19-17-23-13-15-24(16-14-23)27-21-10-9-20-26(5,6)7/h8,12-17,19H,1,9-11,18,20-21H2,2-7H3/q+1/b19-17+/t25-/m1/s1. The van der Waals surface area contributed by atoms with Crippen molar-refractivity contribution in [1.82, 2.24) is 0 Å². The summed E-state index contributed by atoms with van der Waals surface area (Å²) < 4.78 is 6.88. The van der Waals surface area contributed by atoms with Crippen LogP contribution >= 0.6 is 0 Å². The summed E-state index contributed by atoms with van der Waals surface area (Å²) in [6.07, 6.45) is 13.2. The van der Waals surface area contributed by atoms with Crippen molar-refractivity contribution in [3.8, 4) is 5.75 Å². The lowest BCUT2D eigenvalue weighted by molar-refractivity contribution is -0.870. The van der Waals surface area contributed by atoms with Crippen LogP contribution in [0.1, 0.15) is 52.0 Å². The van der Waals surface area contributed by atoms with Crippen LogP contribution in [0.15, 0.2) is 54.6 Å². The van der Waals surface area contributed by atoms with Gasteiger partial charge in [0.15, 0.2) is 0 Å². The summed E-state index contributed by atoms with van der Waals surface area (Å²) in [7, 11) is 6.68. The van der Waals surface area contributed by atoms with Gasteiger partial charge in [-0.15, -0.1) is 6.58 Å². The highest BCUT2D eigenvalue weighted by atomic mass is 16.5. The average Bonchev–Trinajstić information content (AvgIpc) is 2.59. The first-order chi connectivity index (χ1) is 12.6. The van der Waals surface area contributed by atoms with Crippen LogP contribution in [0.3, 0.4) is 0 Å². The van der Waals surface area contributed by atoms with E-state index in [0.29, 0.717) is 0 Å². The lowest BCUT2D eigenvalue weighted by Crippen LogP contribution is -2.35. The summed E-state index contributed by atoms with van der Waals surface area (Å²) >= 11 is 0. The molecular weight excluding hydrogens is 330 g/mol. The van der Waals surface area contributed by atoms with E-state index in [0.717, 1.165) is 36.1 Å². The van der Waals surface area contributed by atoms with Crippen molar-refractivity contribution in [2.45, 2.75) is 46.5 Å². The molecule has 0 aliphatic carbocycles. The maximum absolute atomic E-state index is 5.86. The van der Waals surface area contributed by atoms with Gasteiger partial charge in [-0.2, -0.15) is 0 Å². The molecular formula is C25H40NO+. The van der Waals surface area contributed by atoms with Crippen LogP contribution in [-0.2, 0) is 0 Å². The summed E-state index contributed by atoms with van der Waals surface area (Å²) in [6, 6.07) is 8.37. The van der Waals surface area contributed by atoms with Gasteiger partial charge in [0.05, 0.1) is 34.3 Å². The number of allylic oxidation sites excluding steroid dienone is 4.